The molecule has 180 valence electrons. The van der Waals surface area contributed by atoms with Gasteiger partial charge in [-0.1, -0.05) is 113 Å². The summed E-state index contributed by atoms with van der Waals surface area (Å²) < 4.78 is 11.8. The van der Waals surface area contributed by atoms with Crippen molar-refractivity contribution >= 4 is 14.7 Å². The van der Waals surface area contributed by atoms with E-state index in [0.717, 1.165) is 0 Å². The molecule has 0 heterocycles. The van der Waals surface area contributed by atoms with Gasteiger partial charge in [-0.15, -0.1) is 0 Å². The number of hydrogen-bond acceptors (Lipinski definition) is 2. The molecule has 0 N–H and O–H groups in total. The molecule has 33 heavy (non-hydrogen) atoms. The van der Waals surface area contributed by atoms with Crippen LogP contribution in [0.25, 0.3) is 11.1 Å². The lowest BCUT2D eigenvalue weighted by atomic mass is 9.70. The Balaban J connectivity index is 1.98. The van der Waals surface area contributed by atoms with E-state index < -0.39 is 0 Å². The molecule has 0 spiro atoms. The van der Waals surface area contributed by atoms with Gasteiger partial charge in [0.05, 0.1) is 0 Å². The molecule has 1 aliphatic rings. The Kier molecular flexibility index (Phi) is 10.7. The molecule has 0 aliphatic heterocycles. The van der Waals surface area contributed by atoms with Crippen molar-refractivity contribution in [3.05, 3.63) is 53.6 Å². The zero-order valence-electron chi connectivity index (χ0n) is 21.4. The van der Waals surface area contributed by atoms with Crippen molar-refractivity contribution in [1.29, 1.82) is 0 Å². The maximum absolute atomic E-state index is 5.89. The monoisotopic (exact) mass is 464 g/mol. The Morgan fingerprint density at radius 2 is 1.30 bits per heavy atom. The fourth-order valence-corrected chi connectivity index (χ4v) is 6.67. The maximum atomic E-state index is 5.89. The Labute approximate surface area is 205 Å². The Bertz CT molecular complexity index is 829. The molecule has 0 amide bonds. The zero-order chi connectivity index (χ0) is 23.5. The van der Waals surface area contributed by atoms with Crippen molar-refractivity contribution in [1.82, 2.24) is 0 Å². The fraction of sp³-hybridized carbons (Fsp3) is 0.600. The van der Waals surface area contributed by atoms with Crippen LogP contribution in [-0.4, -0.2) is 28.6 Å². The second kappa shape index (κ2) is 13.5. The Hall–Kier alpha value is -1.42. The van der Waals surface area contributed by atoms with E-state index in [-0.39, 0.29) is 11.3 Å². The quantitative estimate of drug-likeness (QED) is 0.145. The number of rotatable bonds is 16. The molecule has 0 fully saturated rings. The van der Waals surface area contributed by atoms with Gasteiger partial charge in [-0.3, -0.25) is 0 Å². The van der Waals surface area contributed by atoms with Crippen molar-refractivity contribution in [3.63, 3.8) is 0 Å². The highest BCUT2D eigenvalue weighted by Crippen LogP contribution is 2.53. The first-order valence-corrected chi connectivity index (χ1v) is 14.5. The minimum atomic E-state index is -0.134. The van der Waals surface area contributed by atoms with Gasteiger partial charge in [0.25, 0.3) is 0 Å². The Morgan fingerprint density at radius 3 is 1.91 bits per heavy atom. The number of benzene rings is 2. The molecule has 0 saturated heterocycles. The van der Waals surface area contributed by atoms with E-state index in [1.807, 2.05) is 13.8 Å². The first-order valence-electron chi connectivity index (χ1n) is 13.4. The van der Waals surface area contributed by atoms with E-state index >= 15 is 0 Å². The molecule has 3 heteroatoms. The number of fused-ring (bicyclic) bond motifs is 3. The van der Waals surface area contributed by atoms with Crippen molar-refractivity contribution in [2.45, 2.75) is 103 Å². The van der Waals surface area contributed by atoms with Crippen LogP contribution in [-0.2, 0) is 14.9 Å². The van der Waals surface area contributed by atoms with Crippen molar-refractivity contribution in [2.75, 3.05) is 13.2 Å². The highest BCUT2D eigenvalue weighted by Gasteiger charge is 2.42. The molecule has 0 aromatic heterocycles. The van der Waals surface area contributed by atoms with Gasteiger partial charge in [0, 0.05) is 18.6 Å². The SMILES string of the molecule is CCCCCCC1(CCCCCC)c2ccccc2-c2ccc([Si]C(OCC)OCC)cc21. The van der Waals surface area contributed by atoms with E-state index in [1.165, 1.54) is 80.5 Å². The third-order valence-corrected chi connectivity index (χ3v) is 8.32. The highest BCUT2D eigenvalue weighted by atomic mass is 28.2. The number of ether oxygens (including phenoxy) is 2. The summed E-state index contributed by atoms with van der Waals surface area (Å²) in [6, 6.07) is 16.4. The molecular formula is C30H44O2Si. The van der Waals surface area contributed by atoms with Gasteiger partial charge in [-0.25, -0.2) is 0 Å². The van der Waals surface area contributed by atoms with Crippen LogP contribution in [0.3, 0.4) is 0 Å². The molecule has 3 rings (SSSR count). The number of hydrogen-bond donors (Lipinski definition) is 0. The zero-order valence-corrected chi connectivity index (χ0v) is 22.4. The summed E-state index contributed by atoms with van der Waals surface area (Å²) >= 11 is 0. The molecule has 2 aromatic carbocycles. The lowest BCUT2D eigenvalue weighted by Crippen LogP contribution is -2.34. The van der Waals surface area contributed by atoms with E-state index in [1.54, 1.807) is 11.1 Å². The molecular weight excluding hydrogens is 420 g/mol. The van der Waals surface area contributed by atoms with Crippen LogP contribution in [0.1, 0.15) is 103 Å². The standard InChI is InChI=1S/C30H44O2Si/c1-5-9-11-15-21-30(22-16-12-10-6-2)27-18-14-13-17-25(27)26-20-19-24(23-28(26)30)33-29(31-7-3)32-8-4/h13-14,17-20,23,29H,5-12,15-16,21-22H2,1-4H3. The normalized spacial score (nSPS) is 14.0. The summed E-state index contributed by atoms with van der Waals surface area (Å²) in [5.74, 6) is -0.134. The first-order chi connectivity index (χ1) is 16.2. The molecule has 2 aromatic rings. The minimum absolute atomic E-state index is 0.134. The average Bonchev–Trinajstić information content (AvgIpc) is 3.10. The maximum Gasteiger partial charge on any atom is 0.157 e. The lowest BCUT2D eigenvalue weighted by molar-refractivity contribution is -0.0817. The molecule has 0 unspecified atom stereocenters. The third-order valence-electron chi connectivity index (χ3n) is 7.10. The van der Waals surface area contributed by atoms with Crippen LogP contribution in [0.5, 0.6) is 0 Å². The summed E-state index contributed by atoms with van der Waals surface area (Å²) in [5, 5.41) is 1.36. The van der Waals surface area contributed by atoms with Gasteiger partial charge in [0.2, 0.25) is 0 Å². The van der Waals surface area contributed by atoms with Crippen LogP contribution < -0.4 is 5.19 Å². The first kappa shape index (κ1) is 26.2. The van der Waals surface area contributed by atoms with Crippen LogP contribution >= 0.6 is 0 Å². The summed E-state index contributed by atoms with van der Waals surface area (Å²) in [5.41, 5.74) is 6.20. The van der Waals surface area contributed by atoms with Crippen LogP contribution in [0.2, 0.25) is 0 Å². The van der Waals surface area contributed by atoms with Gasteiger partial charge in [-0.2, -0.15) is 0 Å². The molecule has 0 saturated carbocycles. The second-order valence-electron chi connectivity index (χ2n) is 9.40. The molecule has 2 nitrogen and oxygen atoms in total. The largest absolute Gasteiger partial charge is 0.357 e. The highest BCUT2D eigenvalue weighted by molar-refractivity contribution is 6.54. The van der Waals surface area contributed by atoms with E-state index in [4.69, 9.17) is 9.47 Å². The Morgan fingerprint density at radius 1 is 0.697 bits per heavy atom. The molecule has 0 bridgehead atoms. The smallest absolute Gasteiger partial charge is 0.157 e. The van der Waals surface area contributed by atoms with Crippen LogP contribution in [0, 0.1) is 0 Å². The van der Waals surface area contributed by atoms with Gasteiger partial charge in [0.15, 0.2) is 9.52 Å². The van der Waals surface area contributed by atoms with Gasteiger partial charge in [-0.05, 0) is 48.9 Å². The summed E-state index contributed by atoms with van der Waals surface area (Å²) in [6.07, 6.45) is 13.1. The van der Waals surface area contributed by atoms with Crippen LogP contribution in [0.15, 0.2) is 42.5 Å². The predicted octanol–water partition coefficient (Wildman–Crippen LogP) is 7.58. The summed E-state index contributed by atoms with van der Waals surface area (Å²) in [6.45, 7) is 10.1. The van der Waals surface area contributed by atoms with Crippen LogP contribution in [0.4, 0.5) is 0 Å². The van der Waals surface area contributed by atoms with E-state index in [2.05, 4.69) is 56.3 Å². The van der Waals surface area contributed by atoms with E-state index in [9.17, 15) is 0 Å². The van der Waals surface area contributed by atoms with Gasteiger partial charge < -0.3 is 9.47 Å². The molecule has 2 radical (unpaired) electrons. The molecule has 0 atom stereocenters. The van der Waals surface area contributed by atoms with Crippen molar-refractivity contribution in [2.24, 2.45) is 0 Å². The summed E-state index contributed by atoms with van der Waals surface area (Å²) in [4.78, 5) is 0. The second-order valence-corrected chi connectivity index (χ2v) is 10.7. The van der Waals surface area contributed by atoms with Crippen molar-refractivity contribution < 1.29 is 9.47 Å². The van der Waals surface area contributed by atoms with Gasteiger partial charge >= 0.3 is 0 Å². The van der Waals surface area contributed by atoms with Crippen molar-refractivity contribution in [3.8, 4) is 11.1 Å². The predicted molar refractivity (Wildman–Crippen MR) is 143 cm³/mol. The van der Waals surface area contributed by atoms with Gasteiger partial charge in [0.1, 0.15) is 5.91 Å². The third kappa shape index (κ3) is 6.38. The topological polar surface area (TPSA) is 18.5 Å². The fourth-order valence-electron chi connectivity index (χ4n) is 5.49. The number of unbranched alkanes of at least 4 members (excludes halogenated alkanes) is 6. The minimum Gasteiger partial charge on any atom is -0.357 e. The van der Waals surface area contributed by atoms with E-state index in [0.29, 0.717) is 22.7 Å². The lowest BCUT2D eigenvalue weighted by Gasteiger charge is -2.33. The summed E-state index contributed by atoms with van der Waals surface area (Å²) in [7, 11) is 0.516. The molecule has 1 aliphatic carbocycles. The average molecular weight is 465 g/mol.